The first-order chi connectivity index (χ1) is 10.1. The molecule has 3 nitrogen and oxygen atoms in total. The first kappa shape index (κ1) is 17.7. The van der Waals surface area contributed by atoms with Crippen LogP contribution in [0.2, 0.25) is 0 Å². The summed E-state index contributed by atoms with van der Waals surface area (Å²) < 4.78 is 0. The number of amides is 1. The van der Waals surface area contributed by atoms with Crippen molar-refractivity contribution in [1.29, 1.82) is 0 Å². The van der Waals surface area contributed by atoms with E-state index in [0.717, 1.165) is 30.9 Å². The lowest BCUT2D eigenvalue weighted by Gasteiger charge is -2.07. The minimum atomic E-state index is 0.0245. The molecule has 3 heteroatoms. The molecule has 0 bridgehead atoms. The van der Waals surface area contributed by atoms with E-state index in [1.54, 1.807) is 0 Å². The molecule has 0 fully saturated rings. The van der Waals surface area contributed by atoms with Crippen molar-refractivity contribution < 1.29 is 4.79 Å². The largest absolute Gasteiger partial charge is 0.352 e. The fourth-order valence-corrected chi connectivity index (χ4v) is 2.32. The first-order valence-electron chi connectivity index (χ1n) is 8.20. The zero-order valence-corrected chi connectivity index (χ0v) is 13.5. The van der Waals surface area contributed by atoms with Gasteiger partial charge in [-0.3, -0.25) is 4.79 Å². The van der Waals surface area contributed by atoms with Crippen molar-refractivity contribution in [3.05, 3.63) is 35.4 Å². The van der Waals surface area contributed by atoms with Gasteiger partial charge in [0.05, 0.1) is 0 Å². The molecule has 0 atom stereocenters. The molecule has 0 heterocycles. The van der Waals surface area contributed by atoms with Crippen molar-refractivity contribution in [2.24, 2.45) is 11.7 Å². The number of hydrogen-bond acceptors (Lipinski definition) is 2. The van der Waals surface area contributed by atoms with Crippen LogP contribution >= 0.6 is 0 Å². The molecule has 1 aromatic rings. The molecule has 0 saturated carbocycles. The van der Waals surface area contributed by atoms with Crippen LogP contribution < -0.4 is 11.1 Å². The van der Waals surface area contributed by atoms with E-state index in [1.165, 1.54) is 31.2 Å². The molecule has 0 aliphatic heterocycles. The van der Waals surface area contributed by atoms with Crippen molar-refractivity contribution in [1.82, 2.24) is 5.32 Å². The van der Waals surface area contributed by atoms with E-state index in [-0.39, 0.29) is 5.91 Å². The normalized spacial score (nSPS) is 10.9. The van der Waals surface area contributed by atoms with Gasteiger partial charge in [0.15, 0.2) is 0 Å². The number of unbranched alkanes of at least 4 members (excludes halogenated alkanes) is 3. The van der Waals surface area contributed by atoms with Gasteiger partial charge >= 0.3 is 0 Å². The Hall–Kier alpha value is -1.35. The highest BCUT2D eigenvalue weighted by molar-refractivity contribution is 5.94. The van der Waals surface area contributed by atoms with E-state index in [0.29, 0.717) is 6.54 Å². The Morgan fingerprint density at radius 2 is 1.76 bits per heavy atom. The van der Waals surface area contributed by atoms with Crippen molar-refractivity contribution in [2.45, 2.75) is 52.4 Å². The Balaban J connectivity index is 2.15. The lowest BCUT2D eigenvalue weighted by molar-refractivity contribution is 0.0953. The molecular formula is C18H30N2O. The van der Waals surface area contributed by atoms with E-state index in [4.69, 9.17) is 5.73 Å². The number of carbonyl (C=O) groups excluding carboxylic acids is 1. The van der Waals surface area contributed by atoms with E-state index in [9.17, 15) is 4.79 Å². The zero-order valence-electron chi connectivity index (χ0n) is 13.5. The average Bonchev–Trinajstić information content (AvgIpc) is 2.47. The van der Waals surface area contributed by atoms with Gasteiger partial charge in [0.2, 0.25) is 0 Å². The summed E-state index contributed by atoms with van der Waals surface area (Å²) in [5.41, 5.74) is 7.42. The van der Waals surface area contributed by atoms with Crippen LogP contribution in [0.1, 0.15) is 61.9 Å². The van der Waals surface area contributed by atoms with Gasteiger partial charge in [0, 0.05) is 12.1 Å². The molecule has 0 radical (unpaired) electrons. The maximum absolute atomic E-state index is 12.0. The van der Waals surface area contributed by atoms with Gasteiger partial charge in [-0.15, -0.1) is 0 Å². The minimum Gasteiger partial charge on any atom is -0.352 e. The van der Waals surface area contributed by atoms with Crippen molar-refractivity contribution in [3.8, 4) is 0 Å². The smallest absolute Gasteiger partial charge is 0.251 e. The Morgan fingerprint density at radius 3 is 2.38 bits per heavy atom. The molecule has 1 amide bonds. The van der Waals surface area contributed by atoms with Gasteiger partial charge in [-0.25, -0.2) is 0 Å². The summed E-state index contributed by atoms with van der Waals surface area (Å²) in [6.07, 6.45) is 6.99. The fourth-order valence-electron chi connectivity index (χ4n) is 2.32. The van der Waals surface area contributed by atoms with Gasteiger partial charge in [0.25, 0.3) is 5.91 Å². The second kappa shape index (κ2) is 10.4. The first-order valence-corrected chi connectivity index (χ1v) is 8.20. The molecule has 21 heavy (non-hydrogen) atoms. The van der Waals surface area contributed by atoms with Gasteiger partial charge in [-0.05, 0) is 43.0 Å². The maximum Gasteiger partial charge on any atom is 0.251 e. The second-order valence-corrected chi connectivity index (χ2v) is 6.09. The predicted molar refractivity (Wildman–Crippen MR) is 89.5 cm³/mol. The third kappa shape index (κ3) is 7.86. The monoisotopic (exact) mass is 290 g/mol. The maximum atomic E-state index is 12.0. The topological polar surface area (TPSA) is 55.1 Å². The Kier molecular flexibility index (Phi) is 8.76. The molecule has 0 aromatic heterocycles. The molecule has 1 rings (SSSR count). The van der Waals surface area contributed by atoms with Gasteiger partial charge in [-0.1, -0.05) is 51.7 Å². The Bertz CT molecular complexity index is 398. The fraction of sp³-hybridized carbons (Fsp3) is 0.611. The highest BCUT2D eigenvalue weighted by Gasteiger charge is 2.04. The summed E-state index contributed by atoms with van der Waals surface area (Å²) in [5, 5.41) is 2.99. The summed E-state index contributed by atoms with van der Waals surface area (Å²) in [6.45, 7) is 5.94. The summed E-state index contributed by atoms with van der Waals surface area (Å²) in [6, 6.07) is 7.72. The molecule has 0 saturated heterocycles. The van der Waals surface area contributed by atoms with Crippen LogP contribution in [0.25, 0.3) is 0 Å². The molecule has 0 unspecified atom stereocenters. The molecule has 1 aromatic carbocycles. The average molecular weight is 290 g/mol. The molecular weight excluding hydrogens is 260 g/mol. The predicted octanol–water partition coefficient (Wildman–Crippen LogP) is 3.52. The number of nitrogens with two attached hydrogens (primary N) is 1. The SMILES string of the molecule is CC(C)CCCCCCNC(=O)c1ccc(CCN)cc1. The molecule has 0 spiro atoms. The number of carbonyl (C=O) groups is 1. The summed E-state index contributed by atoms with van der Waals surface area (Å²) in [4.78, 5) is 12.0. The standard InChI is InChI=1S/C18H30N2O/c1-15(2)7-5-3-4-6-14-20-18(21)17-10-8-16(9-11-17)12-13-19/h8-11,15H,3-7,12-14,19H2,1-2H3,(H,20,21). The zero-order chi connectivity index (χ0) is 15.5. The van der Waals surface area contributed by atoms with Crippen LogP contribution in [-0.4, -0.2) is 19.0 Å². The van der Waals surface area contributed by atoms with E-state index < -0.39 is 0 Å². The van der Waals surface area contributed by atoms with Crippen molar-refractivity contribution in [2.75, 3.05) is 13.1 Å². The van der Waals surface area contributed by atoms with Crippen LogP contribution in [0.15, 0.2) is 24.3 Å². The van der Waals surface area contributed by atoms with E-state index in [2.05, 4.69) is 19.2 Å². The highest BCUT2D eigenvalue weighted by Crippen LogP contribution is 2.09. The van der Waals surface area contributed by atoms with Crippen LogP contribution in [-0.2, 0) is 6.42 Å². The Morgan fingerprint density at radius 1 is 1.10 bits per heavy atom. The lowest BCUT2D eigenvalue weighted by atomic mass is 10.0. The number of hydrogen-bond donors (Lipinski definition) is 2. The minimum absolute atomic E-state index is 0.0245. The van der Waals surface area contributed by atoms with Crippen LogP contribution in [0.3, 0.4) is 0 Å². The highest BCUT2D eigenvalue weighted by atomic mass is 16.1. The third-order valence-corrected chi connectivity index (χ3v) is 3.64. The quantitative estimate of drug-likeness (QED) is 0.648. The molecule has 118 valence electrons. The number of nitrogens with one attached hydrogen (secondary N) is 1. The molecule has 3 N–H and O–H groups in total. The van der Waals surface area contributed by atoms with Gasteiger partial charge in [-0.2, -0.15) is 0 Å². The van der Waals surface area contributed by atoms with Crippen LogP contribution in [0, 0.1) is 5.92 Å². The van der Waals surface area contributed by atoms with Crippen molar-refractivity contribution in [3.63, 3.8) is 0 Å². The summed E-state index contributed by atoms with van der Waals surface area (Å²) in [7, 11) is 0. The third-order valence-electron chi connectivity index (χ3n) is 3.64. The summed E-state index contributed by atoms with van der Waals surface area (Å²) >= 11 is 0. The van der Waals surface area contributed by atoms with E-state index >= 15 is 0 Å². The van der Waals surface area contributed by atoms with Crippen LogP contribution in [0.5, 0.6) is 0 Å². The molecule has 0 aliphatic rings. The van der Waals surface area contributed by atoms with Crippen molar-refractivity contribution >= 4 is 5.91 Å². The van der Waals surface area contributed by atoms with Gasteiger partial charge in [0.1, 0.15) is 0 Å². The van der Waals surface area contributed by atoms with E-state index in [1.807, 2.05) is 24.3 Å². The molecule has 0 aliphatic carbocycles. The number of benzene rings is 1. The van der Waals surface area contributed by atoms with Crippen LogP contribution in [0.4, 0.5) is 0 Å². The number of rotatable bonds is 10. The van der Waals surface area contributed by atoms with Gasteiger partial charge < -0.3 is 11.1 Å². The lowest BCUT2D eigenvalue weighted by Crippen LogP contribution is -2.24. The second-order valence-electron chi connectivity index (χ2n) is 6.09. The Labute approximate surface area is 129 Å². The summed E-state index contributed by atoms with van der Waals surface area (Å²) in [5.74, 6) is 0.823.